The number of hydrogen-bond donors (Lipinski definition) is 0. The van der Waals surface area contributed by atoms with Gasteiger partial charge in [-0.25, -0.2) is 0 Å². The molecule has 2 heteroatoms. The highest BCUT2D eigenvalue weighted by Gasteiger charge is 2.34. The zero-order valence-corrected chi connectivity index (χ0v) is 15.1. The molecule has 0 bridgehead atoms. The van der Waals surface area contributed by atoms with Crippen LogP contribution in [0.1, 0.15) is 50.5 Å². The van der Waals surface area contributed by atoms with Crippen molar-refractivity contribution in [3.8, 4) is 0 Å². The first kappa shape index (κ1) is 17.0. The van der Waals surface area contributed by atoms with E-state index in [9.17, 15) is 0 Å². The maximum Gasteiger partial charge on any atom is 0.0237 e. The van der Waals surface area contributed by atoms with E-state index in [-0.39, 0.29) is 0 Å². The lowest BCUT2D eigenvalue weighted by Crippen LogP contribution is -2.44. The predicted molar refractivity (Wildman–Crippen MR) is 98.5 cm³/mol. The normalized spacial score (nSPS) is 28.1. The zero-order valence-electron chi connectivity index (χ0n) is 15.1. The van der Waals surface area contributed by atoms with E-state index < -0.39 is 0 Å². The second-order valence-electron chi connectivity index (χ2n) is 8.03. The van der Waals surface area contributed by atoms with Crippen molar-refractivity contribution in [1.82, 2.24) is 9.80 Å². The summed E-state index contributed by atoms with van der Waals surface area (Å²) in [5, 5.41) is 0. The molecule has 0 aromatic heterocycles. The number of benzene rings is 1. The Bertz CT molecular complexity index is 456. The van der Waals surface area contributed by atoms with E-state index in [0.717, 1.165) is 31.0 Å². The SMILES string of the molecule is CN(C)CCN(Cc1ccccc1)C1CCC2CCCCC2C1. The molecule has 0 heterocycles. The van der Waals surface area contributed by atoms with Crippen molar-refractivity contribution in [3.05, 3.63) is 35.9 Å². The third-order valence-corrected chi connectivity index (χ3v) is 6.09. The van der Waals surface area contributed by atoms with Gasteiger partial charge in [0.15, 0.2) is 0 Å². The summed E-state index contributed by atoms with van der Waals surface area (Å²) in [6.45, 7) is 3.48. The number of hydrogen-bond acceptors (Lipinski definition) is 2. The molecule has 0 radical (unpaired) electrons. The summed E-state index contributed by atoms with van der Waals surface area (Å²) in [6, 6.07) is 11.9. The number of nitrogens with zero attached hydrogens (tertiary/aromatic N) is 2. The minimum atomic E-state index is 0.800. The molecule has 23 heavy (non-hydrogen) atoms. The summed E-state index contributed by atoms with van der Waals surface area (Å²) in [5.74, 6) is 2.06. The minimum absolute atomic E-state index is 0.800. The third kappa shape index (κ3) is 4.81. The Balaban J connectivity index is 1.64. The van der Waals surface area contributed by atoms with Gasteiger partial charge in [-0.2, -0.15) is 0 Å². The van der Waals surface area contributed by atoms with E-state index in [1.54, 1.807) is 0 Å². The average Bonchev–Trinajstić information content (AvgIpc) is 2.59. The van der Waals surface area contributed by atoms with Gasteiger partial charge in [0.2, 0.25) is 0 Å². The lowest BCUT2D eigenvalue weighted by atomic mass is 9.69. The molecule has 2 aliphatic carbocycles. The molecule has 2 saturated carbocycles. The van der Waals surface area contributed by atoms with Crippen LogP contribution in [0, 0.1) is 11.8 Å². The molecule has 0 aliphatic heterocycles. The van der Waals surface area contributed by atoms with Gasteiger partial charge < -0.3 is 4.90 Å². The molecule has 0 spiro atoms. The molecule has 1 aromatic rings. The first-order valence-electron chi connectivity index (χ1n) is 9.65. The van der Waals surface area contributed by atoms with E-state index in [0.29, 0.717) is 0 Å². The fourth-order valence-electron chi connectivity index (χ4n) is 4.72. The average molecular weight is 315 g/mol. The van der Waals surface area contributed by atoms with Crippen molar-refractivity contribution in [2.24, 2.45) is 11.8 Å². The van der Waals surface area contributed by atoms with Gasteiger partial charge in [0.05, 0.1) is 0 Å². The molecule has 0 amide bonds. The molecule has 128 valence electrons. The van der Waals surface area contributed by atoms with Crippen molar-refractivity contribution >= 4 is 0 Å². The second-order valence-corrected chi connectivity index (χ2v) is 8.03. The van der Waals surface area contributed by atoms with Gasteiger partial charge in [-0.3, -0.25) is 4.90 Å². The van der Waals surface area contributed by atoms with Crippen LogP contribution in [0.4, 0.5) is 0 Å². The van der Waals surface area contributed by atoms with Gasteiger partial charge in [0, 0.05) is 25.7 Å². The third-order valence-electron chi connectivity index (χ3n) is 6.09. The maximum absolute atomic E-state index is 2.78. The lowest BCUT2D eigenvalue weighted by molar-refractivity contribution is 0.0654. The summed E-state index contributed by atoms with van der Waals surface area (Å²) in [6.07, 6.45) is 10.3. The standard InChI is InChI=1S/C21H34N2/c1-22(2)14-15-23(17-18-8-4-3-5-9-18)21-13-12-19-10-6-7-11-20(19)16-21/h3-5,8-9,19-21H,6-7,10-17H2,1-2H3. The van der Waals surface area contributed by atoms with Crippen molar-refractivity contribution in [3.63, 3.8) is 0 Å². The van der Waals surface area contributed by atoms with Crippen LogP contribution in [0.2, 0.25) is 0 Å². The quantitative estimate of drug-likeness (QED) is 0.767. The highest BCUT2D eigenvalue weighted by Crippen LogP contribution is 2.41. The minimum Gasteiger partial charge on any atom is -0.308 e. The van der Waals surface area contributed by atoms with E-state index in [2.05, 4.69) is 54.2 Å². The molecule has 2 aliphatic rings. The summed E-state index contributed by atoms with van der Waals surface area (Å²) < 4.78 is 0. The van der Waals surface area contributed by atoms with Crippen LogP contribution < -0.4 is 0 Å². The topological polar surface area (TPSA) is 6.48 Å². The number of fused-ring (bicyclic) bond motifs is 1. The molecule has 0 N–H and O–H groups in total. The van der Waals surface area contributed by atoms with Gasteiger partial charge in [0.1, 0.15) is 0 Å². The van der Waals surface area contributed by atoms with Crippen molar-refractivity contribution in [1.29, 1.82) is 0 Å². The Morgan fingerprint density at radius 3 is 2.35 bits per heavy atom. The lowest BCUT2D eigenvalue weighted by Gasteiger charge is -2.43. The fraction of sp³-hybridized carbons (Fsp3) is 0.714. The first-order valence-corrected chi connectivity index (χ1v) is 9.65. The summed E-state index contributed by atoms with van der Waals surface area (Å²) in [7, 11) is 4.39. The van der Waals surface area contributed by atoms with Crippen LogP contribution in [-0.2, 0) is 6.54 Å². The summed E-state index contributed by atoms with van der Waals surface area (Å²) >= 11 is 0. The van der Waals surface area contributed by atoms with Crippen LogP contribution in [0.5, 0.6) is 0 Å². The monoisotopic (exact) mass is 314 g/mol. The molecule has 3 unspecified atom stereocenters. The highest BCUT2D eigenvalue weighted by molar-refractivity contribution is 5.14. The molecule has 2 nitrogen and oxygen atoms in total. The smallest absolute Gasteiger partial charge is 0.0237 e. The van der Waals surface area contributed by atoms with Gasteiger partial charge >= 0.3 is 0 Å². The van der Waals surface area contributed by atoms with Gasteiger partial charge in [-0.1, -0.05) is 56.0 Å². The van der Waals surface area contributed by atoms with E-state index in [4.69, 9.17) is 0 Å². The Kier molecular flexibility index (Phi) is 6.13. The van der Waals surface area contributed by atoms with Crippen LogP contribution in [-0.4, -0.2) is 43.0 Å². The Hall–Kier alpha value is -0.860. The Morgan fingerprint density at radius 1 is 0.870 bits per heavy atom. The summed E-state index contributed by atoms with van der Waals surface area (Å²) in [4.78, 5) is 5.10. The van der Waals surface area contributed by atoms with Gasteiger partial charge in [-0.05, 0) is 50.8 Å². The second kappa shape index (κ2) is 8.30. The first-order chi connectivity index (χ1) is 11.2. The van der Waals surface area contributed by atoms with Crippen LogP contribution in [0.25, 0.3) is 0 Å². The fourth-order valence-corrected chi connectivity index (χ4v) is 4.72. The van der Waals surface area contributed by atoms with Crippen LogP contribution in [0.3, 0.4) is 0 Å². The highest BCUT2D eigenvalue weighted by atomic mass is 15.2. The van der Waals surface area contributed by atoms with E-state index in [1.807, 2.05) is 0 Å². The summed E-state index contributed by atoms with van der Waals surface area (Å²) in [5.41, 5.74) is 1.47. The molecule has 1 aromatic carbocycles. The zero-order chi connectivity index (χ0) is 16.1. The predicted octanol–water partition coefficient (Wildman–Crippen LogP) is 4.41. The maximum atomic E-state index is 2.78. The molecule has 3 atom stereocenters. The molecule has 3 rings (SSSR count). The Labute approximate surface area is 142 Å². The van der Waals surface area contributed by atoms with Gasteiger partial charge in [0.25, 0.3) is 0 Å². The van der Waals surface area contributed by atoms with Gasteiger partial charge in [-0.15, -0.1) is 0 Å². The molecular weight excluding hydrogens is 280 g/mol. The van der Waals surface area contributed by atoms with E-state index >= 15 is 0 Å². The molecule has 0 saturated heterocycles. The largest absolute Gasteiger partial charge is 0.308 e. The molecular formula is C21H34N2. The number of rotatable bonds is 6. The Morgan fingerprint density at radius 2 is 1.61 bits per heavy atom. The van der Waals surface area contributed by atoms with Crippen molar-refractivity contribution in [2.45, 2.75) is 57.5 Å². The van der Waals surface area contributed by atoms with Crippen molar-refractivity contribution < 1.29 is 0 Å². The van der Waals surface area contributed by atoms with Crippen LogP contribution in [0.15, 0.2) is 30.3 Å². The number of likely N-dealkylation sites (N-methyl/N-ethyl adjacent to an activating group) is 1. The van der Waals surface area contributed by atoms with Crippen molar-refractivity contribution in [2.75, 3.05) is 27.2 Å². The van der Waals surface area contributed by atoms with E-state index in [1.165, 1.54) is 57.1 Å². The van der Waals surface area contributed by atoms with Crippen LogP contribution >= 0.6 is 0 Å². The molecule has 2 fully saturated rings.